The summed E-state index contributed by atoms with van der Waals surface area (Å²) in [6.45, 7) is 10.3. The van der Waals surface area contributed by atoms with Gasteiger partial charge in [0.25, 0.3) is 0 Å². The van der Waals surface area contributed by atoms with Gasteiger partial charge in [-0.2, -0.15) is 0 Å². The number of ether oxygens (including phenoxy) is 1. The van der Waals surface area contributed by atoms with Crippen LogP contribution in [0.3, 0.4) is 0 Å². The minimum Gasteiger partial charge on any atom is -0.363 e. The molecule has 1 saturated heterocycles. The van der Waals surface area contributed by atoms with E-state index in [2.05, 4.69) is 49.1 Å². The number of rotatable bonds is 2. The van der Waals surface area contributed by atoms with Crippen molar-refractivity contribution in [2.45, 2.75) is 46.3 Å². The lowest BCUT2D eigenvalue weighted by Gasteiger charge is -2.35. The van der Waals surface area contributed by atoms with Gasteiger partial charge >= 0.3 is 0 Å². The van der Waals surface area contributed by atoms with E-state index >= 15 is 0 Å². The third-order valence-corrected chi connectivity index (χ3v) is 3.18. The quantitative estimate of drug-likeness (QED) is 0.772. The lowest BCUT2D eigenvalue weighted by Crippen LogP contribution is -2.38. The van der Waals surface area contributed by atoms with Gasteiger partial charge < -0.3 is 4.74 Å². The summed E-state index contributed by atoms with van der Waals surface area (Å²) in [7, 11) is 0. The molecular weight excluding hydrogens is 210 g/mol. The Morgan fingerprint density at radius 1 is 1.24 bits per heavy atom. The minimum atomic E-state index is 0.421. The Hall–Kier alpha value is -0.860. The fourth-order valence-electron chi connectivity index (χ4n) is 1.97. The number of nitrogens with zero attached hydrogens (tertiary/aromatic N) is 1. The molecule has 1 fully saturated rings. The van der Waals surface area contributed by atoms with Gasteiger partial charge in [-0.15, -0.1) is 0 Å². The predicted molar refractivity (Wildman–Crippen MR) is 72.9 cm³/mol. The van der Waals surface area contributed by atoms with Gasteiger partial charge in [-0.05, 0) is 25.8 Å². The monoisotopic (exact) mass is 235 g/mol. The van der Waals surface area contributed by atoms with Gasteiger partial charge in [0.05, 0.1) is 12.8 Å². The van der Waals surface area contributed by atoms with Crippen molar-refractivity contribution < 1.29 is 4.74 Å². The molecule has 2 unspecified atom stereocenters. The van der Waals surface area contributed by atoms with Crippen LogP contribution in [0.2, 0.25) is 0 Å². The highest BCUT2D eigenvalue weighted by atomic mass is 16.5. The third kappa shape index (κ3) is 4.14. The van der Waals surface area contributed by atoms with Crippen molar-refractivity contribution in [3.63, 3.8) is 0 Å². The van der Waals surface area contributed by atoms with Crippen LogP contribution in [0.5, 0.6) is 0 Å². The molecule has 0 bridgehead atoms. The van der Waals surface area contributed by atoms with Gasteiger partial charge in [-0.25, -0.2) is 0 Å². The first-order chi connectivity index (χ1) is 8.27. The highest BCUT2D eigenvalue weighted by Gasteiger charge is 2.21. The fourth-order valence-corrected chi connectivity index (χ4v) is 1.97. The van der Waals surface area contributed by atoms with Gasteiger partial charge in [-0.3, -0.25) is 4.90 Å². The summed E-state index contributed by atoms with van der Waals surface area (Å²) in [6, 6.07) is 11.1. The molecule has 0 spiro atoms. The van der Waals surface area contributed by atoms with Crippen LogP contribution in [-0.4, -0.2) is 24.3 Å². The van der Waals surface area contributed by atoms with Crippen molar-refractivity contribution in [2.75, 3.05) is 13.3 Å². The molecule has 96 valence electrons. The molecule has 17 heavy (non-hydrogen) atoms. The standard InChI is InChI=1S/C13H19NO.C2H6/c1-11-8-9-14(10-15-11)12(2)13-6-4-3-5-7-13;1-2/h3-7,11-12H,8-10H2,1-2H3;1-2H3. The summed E-state index contributed by atoms with van der Waals surface area (Å²) in [5.74, 6) is 0. The molecule has 0 radical (unpaired) electrons. The van der Waals surface area contributed by atoms with Crippen molar-refractivity contribution in [3.05, 3.63) is 35.9 Å². The molecule has 0 aliphatic carbocycles. The van der Waals surface area contributed by atoms with Gasteiger partial charge in [0.2, 0.25) is 0 Å². The second kappa shape index (κ2) is 7.46. The van der Waals surface area contributed by atoms with E-state index in [0.29, 0.717) is 12.1 Å². The normalized spacial score (nSPS) is 22.5. The van der Waals surface area contributed by atoms with Crippen LogP contribution in [0.15, 0.2) is 30.3 Å². The summed E-state index contributed by atoms with van der Waals surface area (Å²) in [5.41, 5.74) is 1.37. The molecule has 1 heterocycles. The average Bonchev–Trinajstić information content (AvgIpc) is 2.42. The second-order valence-corrected chi connectivity index (χ2v) is 4.29. The van der Waals surface area contributed by atoms with E-state index in [1.54, 1.807) is 0 Å². The van der Waals surface area contributed by atoms with Crippen molar-refractivity contribution >= 4 is 0 Å². The van der Waals surface area contributed by atoms with E-state index in [4.69, 9.17) is 4.74 Å². The van der Waals surface area contributed by atoms with E-state index in [1.165, 1.54) is 5.56 Å². The largest absolute Gasteiger partial charge is 0.363 e. The highest BCUT2D eigenvalue weighted by molar-refractivity contribution is 5.18. The van der Waals surface area contributed by atoms with E-state index < -0.39 is 0 Å². The Morgan fingerprint density at radius 2 is 1.88 bits per heavy atom. The van der Waals surface area contributed by atoms with E-state index in [-0.39, 0.29) is 0 Å². The van der Waals surface area contributed by atoms with E-state index in [0.717, 1.165) is 19.7 Å². The topological polar surface area (TPSA) is 12.5 Å². The molecule has 2 nitrogen and oxygen atoms in total. The van der Waals surface area contributed by atoms with Crippen molar-refractivity contribution in [2.24, 2.45) is 0 Å². The molecule has 2 atom stereocenters. The van der Waals surface area contributed by atoms with Gasteiger partial charge in [-0.1, -0.05) is 44.2 Å². The summed E-state index contributed by atoms with van der Waals surface area (Å²) >= 11 is 0. The Bertz CT molecular complexity index is 291. The van der Waals surface area contributed by atoms with Crippen LogP contribution in [-0.2, 0) is 4.74 Å². The zero-order chi connectivity index (χ0) is 12.7. The van der Waals surface area contributed by atoms with Crippen LogP contribution in [0.1, 0.15) is 45.7 Å². The second-order valence-electron chi connectivity index (χ2n) is 4.29. The number of hydrogen-bond donors (Lipinski definition) is 0. The molecule has 0 saturated carbocycles. The van der Waals surface area contributed by atoms with Gasteiger partial charge in [0.1, 0.15) is 0 Å². The summed E-state index contributed by atoms with van der Waals surface area (Å²) in [4.78, 5) is 2.38. The van der Waals surface area contributed by atoms with Crippen LogP contribution in [0, 0.1) is 0 Å². The van der Waals surface area contributed by atoms with E-state index in [9.17, 15) is 0 Å². The Kier molecular flexibility index (Phi) is 6.23. The SMILES string of the molecule is CC.CC1CCN(C(C)c2ccccc2)CO1. The van der Waals surface area contributed by atoms with E-state index in [1.807, 2.05) is 13.8 Å². The first-order valence-corrected chi connectivity index (χ1v) is 6.68. The first-order valence-electron chi connectivity index (χ1n) is 6.68. The molecule has 0 amide bonds. The fraction of sp³-hybridized carbons (Fsp3) is 0.600. The Morgan fingerprint density at radius 3 is 2.41 bits per heavy atom. The van der Waals surface area contributed by atoms with Gasteiger partial charge in [0.15, 0.2) is 0 Å². The molecule has 0 aromatic heterocycles. The van der Waals surface area contributed by atoms with Crippen LogP contribution >= 0.6 is 0 Å². The summed E-state index contributed by atoms with van der Waals surface area (Å²) < 4.78 is 5.66. The third-order valence-electron chi connectivity index (χ3n) is 3.18. The Labute approximate surface area is 106 Å². The van der Waals surface area contributed by atoms with Crippen LogP contribution in [0.4, 0.5) is 0 Å². The van der Waals surface area contributed by atoms with Crippen LogP contribution < -0.4 is 0 Å². The molecule has 1 aromatic rings. The smallest absolute Gasteiger partial charge is 0.0998 e. The predicted octanol–water partition coefficient (Wildman–Crippen LogP) is 3.84. The lowest BCUT2D eigenvalue weighted by molar-refractivity contribution is -0.0750. The summed E-state index contributed by atoms with van der Waals surface area (Å²) in [6.07, 6.45) is 1.56. The highest BCUT2D eigenvalue weighted by Crippen LogP contribution is 2.23. The van der Waals surface area contributed by atoms with Crippen LogP contribution in [0.25, 0.3) is 0 Å². The average molecular weight is 235 g/mol. The molecule has 1 aliphatic rings. The lowest BCUT2D eigenvalue weighted by atomic mass is 10.1. The first kappa shape index (κ1) is 14.2. The Balaban J connectivity index is 0.000000686. The minimum absolute atomic E-state index is 0.421. The van der Waals surface area contributed by atoms with Crippen molar-refractivity contribution in [3.8, 4) is 0 Å². The van der Waals surface area contributed by atoms with Gasteiger partial charge in [0, 0.05) is 12.6 Å². The maximum Gasteiger partial charge on any atom is 0.0998 e. The number of hydrogen-bond acceptors (Lipinski definition) is 2. The van der Waals surface area contributed by atoms with Crippen molar-refractivity contribution in [1.82, 2.24) is 4.90 Å². The molecule has 1 aliphatic heterocycles. The maximum absolute atomic E-state index is 5.66. The molecule has 2 rings (SSSR count). The molecule has 0 N–H and O–H groups in total. The van der Waals surface area contributed by atoms with Crippen molar-refractivity contribution in [1.29, 1.82) is 0 Å². The number of benzene rings is 1. The zero-order valence-corrected chi connectivity index (χ0v) is 11.5. The molecular formula is C15H25NO. The molecule has 1 aromatic carbocycles. The summed E-state index contributed by atoms with van der Waals surface area (Å²) in [5, 5.41) is 0. The maximum atomic E-state index is 5.66. The zero-order valence-electron chi connectivity index (χ0n) is 11.5. The molecule has 2 heteroatoms.